The van der Waals surface area contributed by atoms with Gasteiger partial charge in [0, 0.05) is 18.8 Å². The molecule has 2 rings (SSSR count). The maximum atomic E-state index is 12.5. The van der Waals surface area contributed by atoms with Crippen molar-refractivity contribution < 1.29 is 17.7 Å². The number of sulfonamides is 1. The summed E-state index contributed by atoms with van der Waals surface area (Å²) in [6, 6.07) is 6.97. The third-order valence-corrected chi connectivity index (χ3v) is 7.41. The molecule has 1 aromatic rings. The van der Waals surface area contributed by atoms with Gasteiger partial charge >= 0.3 is 0 Å². The Balaban J connectivity index is 2.01. The smallest absolute Gasteiger partial charge is 0.279 e. The molecule has 0 radical (unpaired) electrons. The van der Waals surface area contributed by atoms with Gasteiger partial charge in [-0.25, -0.2) is 8.42 Å². The monoisotopic (exact) mass is 382 g/mol. The lowest BCUT2D eigenvalue weighted by molar-refractivity contribution is -0.906. The lowest BCUT2D eigenvalue weighted by Crippen LogP contribution is -2.51. The van der Waals surface area contributed by atoms with Gasteiger partial charge in [0.1, 0.15) is 0 Å². The van der Waals surface area contributed by atoms with Crippen LogP contribution in [0.3, 0.4) is 0 Å². The quantitative estimate of drug-likeness (QED) is 0.703. The number of carbonyl (C=O) groups excluding carboxylic acids is 1. The predicted octanol–water partition coefficient (Wildman–Crippen LogP) is 2.67. The number of rotatable bonds is 8. The van der Waals surface area contributed by atoms with E-state index in [1.807, 2.05) is 13.8 Å². The number of nitrogens with zero attached hydrogens (tertiary/aromatic N) is 2. The van der Waals surface area contributed by atoms with Crippen LogP contribution in [-0.4, -0.2) is 62.9 Å². The molecule has 1 aliphatic rings. The van der Waals surface area contributed by atoms with Crippen LogP contribution in [0.15, 0.2) is 29.2 Å². The van der Waals surface area contributed by atoms with Crippen molar-refractivity contribution in [2.45, 2.75) is 50.5 Å². The highest BCUT2D eigenvalue weighted by atomic mass is 32.2. The topological polar surface area (TPSA) is 66.5 Å². The molecule has 7 heteroatoms. The highest BCUT2D eigenvalue weighted by molar-refractivity contribution is 7.89. The number of anilines is 1. The van der Waals surface area contributed by atoms with Gasteiger partial charge < -0.3 is 9.80 Å². The molecule has 0 heterocycles. The third-order valence-electron chi connectivity index (χ3n) is 5.35. The number of quaternary nitrogens is 1. The van der Waals surface area contributed by atoms with Crippen LogP contribution in [0, 0.1) is 0 Å². The summed E-state index contributed by atoms with van der Waals surface area (Å²) in [5, 5.41) is 2.89. The van der Waals surface area contributed by atoms with Gasteiger partial charge in [-0.15, -0.1) is 0 Å². The summed E-state index contributed by atoms with van der Waals surface area (Å²) in [5.74, 6) is -0.0405. The van der Waals surface area contributed by atoms with Crippen LogP contribution in [0.4, 0.5) is 5.69 Å². The minimum Gasteiger partial charge on any atom is -0.321 e. The number of amides is 1. The highest BCUT2D eigenvalue weighted by Gasteiger charge is 2.33. The molecule has 6 nitrogen and oxygen atoms in total. The number of hydrogen-bond acceptors (Lipinski definition) is 3. The first-order chi connectivity index (χ1) is 12.2. The van der Waals surface area contributed by atoms with Gasteiger partial charge in [-0.05, 0) is 49.9 Å². The Kier molecular flexibility index (Phi) is 6.82. The first-order valence-electron chi connectivity index (χ1n) is 9.43. The van der Waals surface area contributed by atoms with E-state index >= 15 is 0 Å². The average molecular weight is 383 g/mol. The van der Waals surface area contributed by atoms with Crippen LogP contribution in [-0.2, 0) is 14.8 Å². The van der Waals surface area contributed by atoms with Crippen molar-refractivity contribution in [2.75, 3.05) is 39.0 Å². The zero-order chi connectivity index (χ0) is 19.4. The normalized spacial score (nSPS) is 16.2. The Labute approximate surface area is 157 Å². The largest absolute Gasteiger partial charge is 0.321 e. The van der Waals surface area contributed by atoms with Crippen molar-refractivity contribution in [3.05, 3.63) is 24.3 Å². The second-order valence-corrected chi connectivity index (χ2v) is 9.47. The molecule has 0 bridgehead atoms. The number of likely N-dealkylation sites (N-methyl/N-ethyl adjacent to an activating group) is 1. The van der Waals surface area contributed by atoms with Crippen molar-refractivity contribution in [3.8, 4) is 0 Å². The SMILES string of the molecule is CCN(CC)S(=O)(=O)c1ccc(NC(=O)C[N+](C)(C)C2CCCC2)cc1. The van der Waals surface area contributed by atoms with Crippen LogP contribution in [0.1, 0.15) is 39.5 Å². The number of nitrogens with one attached hydrogen (secondary N) is 1. The fourth-order valence-electron chi connectivity index (χ4n) is 3.73. The van der Waals surface area contributed by atoms with E-state index in [2.05, 4.69) is 19.4 Å². The molecule has 1 aliphatic carbocycles. The first-order valence-corrected chi connectivity index (χ1v) is 10.9. The Bertz CT molecular complexity index is 704. The molecule has 1 fully saturated rings. The van der Waals surface area contributed by atoms with Gasteiger partial charge in [0.25, 0.3) is 5.91 Å². The lowest BCUT2D eigenvalue weighted by Gasteiger charge is -2.35. The van der Waals surface area contributed by atoms with Crippen LogP contribution in [0.2, 0.25) is 0 Å². The van der Waals surface area contributed by atoms with Gasteiger partial charge in [-0.1, -0.05) is 13.8 Å². The molecule has 1 saturated carbocycles. The van der Waals surface area contributed by atoms with E-state index in [4.69, 9.17) is 0 Å². The van der Waals surface area contributed by atoms with Crippen molar-refractivity contribution in [2.24, 2.45) is 0 Å². The van der Waals surface area contributed by atoms with E-state index in [9.17, 15) is 13.2 Å². The van der Waals surface area contributed by atoms with Gasteiger partial charge in [0.05, 0.1) is 25.0 Å². The zero-order valence-electron chi connectivity index (χ0n) is 16.4. The van der Waals surface area contributed by atoms with E-state index in [0.29, 0.717) is 35.8 Å². The molecule has 0 aliphatic heterocycles. The van der Waals surface area contributed by atoms with Crippen LogP contribution in [0.25, 0.3) is 0 Å². The van der Waals surface area contributed by atoms with Gasteiger partial charge in [0.2, 0.25) is 10.0 Å². The van der Waals surface area contributed by atoms with E-state index in [-0.39, 0.29) is 10.8 Å². The Hall–Kier alpha value is -1.44. The second kappa shape index (κ2) is 8.50. The van der Waals surface area contributed by atoms with E-state index in [0.717, 1.165) is 0 Å². The summed E-state index contributed by atoms with van der Waals surface area (Å²) in [6.45, 7) is 4.93. The highest BCUT2D eigenvalue weighted by Crippen LogP contribution is 2.26. The summed E-state index contributed by atoms with van der Waals surface area (Å²) in [6.07, 6.45) is 4.85. The summed E-state index contributed by atoms with van der Waals surface area (Å²) < 4.78 is 27.1. The molecule has 1 N–H and O–H groups in total. The first kappa shape index (κ1) is 20.9. The molecule has 26 heavy (non-hydrogen) atoms. The van der Waals surface area contributed by atoms with E-state index in [1.54, 1.807) is 24.3 Å². The molecule has 0 atom stereocenters. The Morgan fingerprint density at radius 1 is 1.12 bits per heavy atom. The second-order valence-electron chi connectivity index (χ2n) is 7.54. The fourth-order valence-corrected chi connectivity index (χ4v) is 5.18. The molecule has 0 spiro atoms. The summed E-state index contributed by atoms with van der Waals surface area (Å²) in [4.78, 5) is 12.7. The van der Waals surface area contributed by atoms with Crippen molar-refractivity contribution in [1.82, 2.24) is 4.31 Å². The van der Waals surface area contributed by atoms with E-state index in [1.165, 1.54) is 30.0 Å². The zero-order valence-corrected chi connectivity index (χ0v) is 17.2. The Morgan fingerprint density at radius 2 is 1.65 bits per heavy atom. The van der Waals surface area contributed by atoms with Crippen molar-refractivity contribution in [3.63, 3.8) is 0 Å². The number of benzene rings is 1. The molecule has 0 saturated heterocycles. The van der Waals surface area contributed by atoms with Gasteiger partial charge in [-0.3, -0.25) is 4.79 Å². The summed E-state index contributed by atoms with van der Waals surface area (Å²) in [7, 11) is 0.744. The fraction of sp³-hybridized carbons (Fsp3) is 0.632. The standard InChI is InChI=1S/C19H31N3O3S/c1-5-21(6-2)26(24,25)18-13-11-16(12-14-18)20-19(23)15-22(3,4)17-9-7-8-10-17/h11-14,17H,5-10,15H2,1-4H3/p+1. The van der Waals surface area contributed by atoms with Gasteiger partial charge in [-0.2, -0.15) is 4.31 Å². The minimum absolute atomic E-state index is 0.0405. The average Bonchev–Trinajstić information content (AvgIpc) is 3.11. The molecule has 0 unspecified atom stereocenters. The van der Waals surface area contributed by atoms with Crippen molar-refractivity contribution in [1.29, 1.82) is 0 Å². The van der Waals surface area contributed by atoms with Crippen LogP contribution < -0.4 is 5.32 Å². The molecule has 1 aromatic carbocycles. The molecule has 0 aromatic heterocycles. The number of hydrogen-bond donors (Lipinski definition) is 1. The predicted molar refractivity (Wildman–Crippen MR) is 104 cm³/mol. The maximum Gasteiger partial charge on any atom is 0.279 e. The van der Waals surface area contributed by atoms with E-state index < -0.39 is 10.0 Å². The molecular weight excluding hydrogens is 350 g/mol. The molecular formula is C19H32N3O3S+. The molecule has 146 valence electrons. The lowest BCUT2D eigenvalue weighted by atomic mass is 10.2. The summed E-state index contributed by atoms with van der Waals surface area (Å²) in [5.41, 5.74) is 0.625. The van der Waals surface area contributed by atoms with Crippen molar-refractivity contribution >= 4 is 21.6 Å². The number of carbonyl (C=O) groups is 1. The molecule has 1 amide bonds. The van der Waals surface area contributed by atoms with Crippen LogP contribution >= 0.6 is 0 Å². The van der Waals surface area contributed by atoms with Gasteiger partial charge in [0.15, 0.2) is 6.54 Å². The minimum atomic E-state index is -3.47. The Morgan fingerprint density at radius 3 is 2.15 bits per heavy atom. The van der Waals surface area contributed by atoms with Crippen LogP contribution in [0.5, 0.6) is 0 Å². The summed E-state index contributed by atoms with van der Waals surface area (Å²) >= 11 is 0. The third kappa shape index (κ3) is 4.84. The maximum absolute atomic E-state index is 12.5.